The van der Waals surface area contributed by atoms with E-state index in [1.165, 1.54) is 12.5 Å². The first kappa shape index (κ1) is 16.3. The van der Waals surface area contributed by atoms with Gasteiger partial charge in [0.1, 0.15) is 5.54 Å². The quantitative estimate of drug-likeness (QED) is 0.714. The Hall–Kier alpha value is -2.08. The van der Waals surface area contributed by atoms with Crippen LogP contribution in [0.3, 0.4) is 0 Å². The van der Waals surface area contributed by atoms with Crippen molar-refractivity contribution in [3.63, 3.8) is 0 Å². The first-order chi connectivity index (χ1) is 10.4. The highest BCUT2D eigenvalue weighted by Crippen LogP contribution is 2.30. The molecule has 0 spiro atoms. The summed E-state index contributed by atoms with van der Waals surface area (Å²) < 4.78 is 4.88. The molecule has 0 saturated carbocycles. The smallest absolute Gasteiger partial charge is 0.327 e. The molecule has 2 amide bonds. The average molecular weight is 305 g/mol. The Morgan fingerprint density at radius 1 is 1.41 bits per heavy atom. The molecule has 120 valence electrons. The molecule has 2 rings (SSSR count). The van der Waals surface area contributed by atoms with Crippen LogP contribution in [0.25, 0.3) is 0 Å². The van der Waals surface area contributed by atoms with Crippen LogP contribution in [0.2, 0.25) is 0 Å². The molecule has 22 heavy (non-hydrogen) atoms. The third kappa shape index (κ3) is 3.76. The number of hydrogen-bond acceptors (Lipinski definition) is 4. The van der Waals surface area contributed by atoms with Gasteiger partial charge in [0.15, 0.2) is 0 Å². The number of carbonyl (C=O) groups is 2. The molecule has 1 aliphatic rings. The lowest BCUT2D eigenvalue weighted by atomic mass is 10.1. The summed E-state index contributed by atoms with van der Waals surface area (Å²) in [7, 11) is 0. The zero-order chi connectivity index (χ0) is 16.2. The highest BCUT2D eigenvalue weighted by Gasteiger charge is 2.31. The first-order valence-electron chi connectivity index (χ1n) is 7.52. The molecule has 0 saturated heterocycles. The molecule has 1 aromatic rings. The molecule has 6 nitrogen and oxygen atoms in total. The summed E-state index contributed by atoms with van der Waals surface area (Å²) in [6, 6.07) is 7.74. The van der Waals surface area contributed by atoms with Gasteiger partial charge in [0.25, 0.3) is 0 Å². The van der Waals surface area contributed by atoms with Crippen LogP contribution in [0.15, 0.2) is 24.3 Å². The van der Waals surface area contributed by atoms with E-state index < -0.39 is 11.5 Å². The molecule has 1 aliphatic carbocycles. The summed E-state index contributed by atoms with van der Waals surface area (Å²) in [5.41, 5.74) is 7.05. The fraction of sp³-hybridized carbons (Fsp3) is 0.500. The first-order valence-corrected chi connectivity index (χ1v) is 7.52. The van der Waals surface area contributed by atoms with Gasteiger partial charge in [0, 0.05) is 6.54 Å². The summed E-state index contributed by atoms with van der Waals surface area (Å²) in [6.45, 7) is 3.53. The minimum Gasteiger partial charge on any atom is -0.465 e. The van der Waals surface area contributed by atoms with E-state index in [2.05, 4.69) is 16.7 Å². The minimum atomic E-state index is -1.24. The second-order valence-corrected chi connectivity index (χ2v) is 5.76. The molecule has 1 aromatic carbocycles. The van der Waals surface area contributed by atoms with Crippen molar-refractivity contribution in [1.82, 2.24) is 10.6 Å². The maximum Gasteiger partial charge on any atom is 0.327 e. The summed E-state index contributed by atoms with van der Waals surface area (Å²) in [6.07, 6.45) is 1.84. The molecule has 0 radical (unpaired) electrons. The fourth-order valence-electron chi connectivity index (χ4n) is 2.55. The van der Waals surface area contributed by atoms with Crippen LogP contribution in [0, 0.1) is 0 Å². The summed E-state index contributed by atoms with van der Waals surface area (Å²) in [5, 5.41) is 5.56. The van der Waals surface area contributed by atoms with Gasteiger partial charge in [-0.3, -0.25) is 0 Å². The molecule has 0 unspecified atom stereocenters. The molecular weight excluding hydrogens is 282 g/mol. The van der Waals surface area contributed by atoms with Crippen molar-refractivity contribution in [3.05, 3.63) is 35.4 Å². The Morgan fingerprint density at radius 3 is 2.86 bits per heavy atom. The molecule has 0 fully saturated rings. The van der Waals surface area contributed by atoms with Gasteiger partial charge in [-0.25, -0.2) is 9.59 Å². The number of aryl methyl sites for hydroxylation is 1. The van der Waals surface area contributed by atoms with E-state index in [9.17, 15) is 9.59 Å². The third-order valence-corrected chi connectivity index (χ3v) is 3.80. The molecule has 2 atom stereocenters. The second-order valence-electron chi connectivity index (χ2n) is 5.76. The normalized spacial score (nSPS) is 19.0. The monoisotopic (exact) mass is 305 g/mol. The molecule has 4 N–H and O–H groups in total. The van der Waals surface area contributed by atoms with Crippen molar-refractivity contribution in [2.75, 3.05) is 13.2 Å². The highest BCUT2D eigenvalue weighted by molar-refractivity contribution is 5.82. The Morgan fingerprint density at radius 2 is 2.14 bits per heavy atom. The number of fused-ring (bicyclic) bond motifs is 1. The van der Waals surface area contributed by atoms with Gasteiger partial charge in [-0.1, -0.05) is 24.3 Å². The van der Waals surface area contributed by atoms with Crippen molar-refractivity contribution >= 4 is 12.0 Å². The Balaban J connectivity index is 1.86. The number of ether oxygens (including phenoxy) is 1. The summed E-state index contributed by atoms with van der Waals surface area (Å²) in [5.74, 6) is -0.526. The van der Waals surface area contributed by atoms with Crippen molar-refractivity contribution in [1.29, 1.82) is 0 Å². The van der Waals surface area contributed by atoms with Crippen LogP contribution in [0.1, 0.15) is 37.4 Å². The standard InChI is InChI=1S/C16H23N3O3/c1-3-22-14(20)16(2,17)10-18-15(21)19-13-9-8-11-6-4-5-7-12(11)13/h4-7,13H,3,8-10,17H2,1-2H3,(H2,18,19,21)/t13-,16-/m1/s1. The van der Waals surface area contributed by atoms with Crippen LogP contribution in [-0.4, -0.2) is 30.7 Å². The lowest BCUT2D eigenvalue weighted by Crippen LogP contribution is -2.56. The van der Waals surface area contributed by atoms with Gasteiger partial charge >= 0.3 is 12.0 Å². The number of nitrogens with two attached hydrogens (primary N) is 1. The van der Waals surface area contributed by atoms with Crippen molar-refractivity contribution in [2.45, 2.75) is 38.3 Å². The molecule has 0 heterocycles. The van der Waals surface area contributed by atoms with Crippen molar-refractivity contribution in [2.24, 2.45) is 5.73 Å². The van der Waals surface area contributed by atoms with Crippen molar-refractivity contribution in [3.8, 4) is 0 Å². The zero-order valence-corrected chi connectivity index (χ0v) is 13.0. The minimum absolute atomic E-state index is 0.00261. The highest BCUT2D eigenvalue weighted by atomic mass is 16.5. The zero-order valence-electron chi connectivity index (χ0n) is 13.0. The largest absolute Gasteiger partial charge is 0.465 e. The van der Waals surface area contributed by atoms with E-state index in [0.717, 1.165) is 18.4 Å². The third-order valence-electron chi connectivity index (χ3n) is 3.80. The van der Waals surface area contributed by atoms with E-state index in [1.807, 2.05) is 18.2 Å². The predicted molar refractivity (Wildman–Crippen MR) is 83.3 cm³/mol. The molecule has 0 aliphatic heterocycles. The van der Waals surface area contributed by atoms with Crippen LogP contribution in [0.5, 0.6) is 0 Å². The van der Waals surface area contributed by atoms with E-state index in [4.69, 9.17) is 10.5 Å². The van der Waals surface area contributed by atoms with Crippen LogP contribution in [0.4, 0.5) is 4.79 Å². The molecular formula is C16H23N3O3. The number of urea groups is 1. The lowest BCUT2D eigenvalue weighted by molar-refractivity contribution is -0.148. The van der Waals surface area contributed by atoms with Gasteiger partial charge < -0.3 is 21.1 Å². The number of esters is 1. The van der Waals surface area contributed by atoms with Gasteiger partial charge in [0.2, 0.25) is 0 Å². The van der Waals surface area contributed by atoms with Gasteiger partial charge in [0.05, 0.1) is 12.6 Å². The molecule has 0 bridgehead atoms. The molecule has 0 aromatic heterocycles. The van der Waals surface area contributed by atoms with Gasteiger partial charge in [-0.15, -0.1) is 0 Å². The number of nitrogens with one attached hydrogen (secondary N) is 2. The number of hydrogen-bond donors (Lipinski definition) is 3. The number of rotatable bonds is 5. The second kappa shape index (κ2) is 6.79. The summed E-state index contributed by atoms with van der Waals surface area (Å²) in [4.78, 5) is 23.7. The van der Waals surface area contributed by atoms with Crippen molar-refractivity contribution < 1.29 is 14.3 Å². The summed E-state index contributed by atoms with van der Waals surface area (Å²) >= 11 is 0. The SMILES string of the molecule is CCOC(=O)[C@](C)(N)CNC(=O)N[C@@H]1CCc2ccccc21. The Kier molecular flexibility index (Phi) is 5.03. The van der Waals surface area contributed by atoms with E-state index >= 15 is 0 Å². The van der Waals surface area contributed by atoms with Crippen LogP contribution >= 0.6 is 0 Å². The number of amides is 2. The lowest BCUT2D eigenvalue weighted by Gasteiger charge is -2.23. The fourth-order valence-corrected chi connectivity index (χ4v) is 2.55. The Bertz CT molecular complexity index is 557. The maximum atomic E-state index is 12.0. The van der Waals surface area contributed by atoms with E-state index in [1.54, 1.807) is 6.92 Å². The van der Waals surface area contributed by atoms with Crippen LogP contribution in [-0.2, 0) is 16.0 Å². The van der Waals surface area contributed by atoms with Gasteiger partial charge in [-0.05, 0) is 37.8 Å². The van der Waals surface area contributed by atoms with Crippen LogP contribution < -0.4 is 16.4 Å². The number of benzene rings is 1. The van der Waals surface area contributed by atoms with Gasteiger partial charge in [-0.2, -0.15) is 0 Å². The van der Waals surface area contributed by atoms with E-state index in [-0.39, 0.29) is 25.2 Å². The topological polar surface area (TPSA) is 93.4 Å². The number of carbonyl (C=O) groups excluding carboxylic acids is 2. The average Bonchev–Trinajstić information content (AvgIpc) is 2.89. The van der Waals surface area contributed by atoms with E-state index in [0.29, 0.717) is 0 Å². The molecule has 6 heteroatoms. The maximum absolute atomic E-state index is 12.0. The Labute approximate surface area is 130 Å². The predicted octanol–water partition coefficient (Wildman–Crippen LogP) is 1.25.